The second-order valence-electron chi connectivity index (χ2n) is 9.36. The number of methoxy groups -OCH3 is 1. The van der Waals surface area contributed by atoms with Gasteiger partial charge in [0.1, 0.15) is 29.4 Å². The number of carbonyl (C=O) groups is 2. The van der Waals surface area contributed by atoms with Crippen molar-refractivity contribution in [3.63, 3.8) is 0 Å². The molecule has 0 bridgehead atoms. The largest absolute Gasteiger partial charge is 0.495 e. The Hall–Kier alpha value is -4.97. The third-order valence-electron chi connectivity index (χ3n) is 6.59. The standard InChI is InChI=1S/C29H34N8O4/c1-3-19(10-12-30)35-28-25(27(33-16-34-28)32-13-11-24(38)39)26(31)18-8-9-21(23(15-18)41-2)37-29(40)22-14-17-6-4-5-7-20(17)36-22/h4-9,14-16,19,31,36H,3,10-13,30H2,1-2H3,(H,37,40)(H,38,39)(H2,32,33,34,35). The average Bonchev–Trinajstić information content (AvgIpc) is 3.41. The van der Waals surface area contributed by atoms with Gasteiger partial charge >= 0.3 is 5.97 Å². The lowest BCUT2D eigenvalue weighted by atomic mass is 10.0. The molecule has 8 N–H and O–H groups in total. The Kier molecular flexibility index (Phi) is 9.48. The second kappa shape index (κ2) is 13.4. The highest BCUT2D eigenvalue weighted by atomic mass is 16.5. The fourth-order valence-electron chi connectivity index (χ4n) is 4.41. The van der Waals surface area contributed by atoms with Crippen molar-refractivity contribution < 1.29 is 19.4 Å². The lowest BCUT2D eigenvalue weighted by Crippen LogP contribution is -2.25. The first-order valence-electron chi connectivity index (χ1n) is 13.3. The normalized spacial score (nSPS) is 11.6. The zero-order valence-corrected chi connectivity index (χ0v) is 23.0. The number of rotatable bonds is 14. The van der Waals surface area contributed by atoms with E-state index in [1.807, 2.05) is 31.2 Å². The molecule has 41 heavy (non-hydrogen) atoms. The molecular formula is C29H34N8O4. The number of para-hydroxylation sites is 1. The van der Waals surface area contributed by atoms with Crippen LogP contribution in [0.5, 0.6) is 5.75 Å². The minimum atomic E-state index is -0.953. The summed E-state index contributed by atoms with van der Waals surface area (Å²) in [5.74, 6) is -0.172. The molecule has 214 valence electrons. The molecule has 1 atom stereocenters. The summed E-state index contributed by atoms with van der Waals surface area (Å²) in [4.78, 5) is 35.9. The van der Waals surface area contributed by atoms with E-state index >= 15 is 0 Å². The van der Waals surface area contributed by atoms with Gasteiger partial charge in [0, 0.05) is 29.1 Å². The predicted molar refractivity (Wildman–Crippen MR) is 159 cm³/mol. The van der Waals surface area contributed by atoms with Gasteiger partial charge in [0.25, 0.3) is 5.91 Å². The lowest BCUT2D eigenvalue weighted by Gasteiger charge is -2.21. The van der Waals surface area contributed by atoms with Crippen molar-refractivity contribution in [1.29, 1.82) is 5.41 Å². The van der Waals surface area contributed by atoms with Gasteiger partial charge in [-0.25, -0.2) is 9.97 Å². The molecule has 12 nitrogen and oxygen atoms in total. The van der Waals surface area contributed by atoms with E-state index in [9.17, 15) is 9.59 Å². The smallest absolute Gasteiger partial charge is 0.305 e. The SMILES string of the molecule is CCC(CCN)Nc1ncnc(NCCC(=O)O)c1C(=N)c1ccc(NC(=O)c2cc3ccccc3[nH]2)c(OC)c1. The van der Waals surface area contributed by atoms with Crippen molar-refractivity contribution >= 4 is 45.8 Å². The number of anilines is 3. The maximum atomic E-state index is 13.0. The zero-order valence-electron chi connectivity index (χ0n) is 23.0. The van der Waals surface area contributed by atoms with Crippen LogP contribution in [0.1, 0.15) is 47.8 Å². The van der Waals surface area contributed by atoms with Gasteiger partial charge in [-0.15, -0.1) is 0 Å². The van der Waals surface area contributed by atoms with E-state index in [0.29, 0.717) is 52.9 Å². The van der Waals surface area contributed by atoms with Crippen LogP contribution in [0.25, 0.3) is 10.9 Å². The first-order chi connectivity index (χ1) is 19.8. The molecule has 0 fully saturated rings. The van der Waals surface area contributed by atoms with Crippen molar-refractivity contribution in [2.45, 2.75) is 32.2 Å². The van der Waals surface area contributed by atoms with Gasteiger partial charge in [-0.1, -0.05) is 31.2 Å². The Morgan fingerprint density at radius 1 is 1.15 bits per heavy atom. The molecule has 0 saturated carbocycles. The number of fused-ring (bicyclic) bond motifs is 1. The third-order valence-corrected chi connectivity index (χ3v) is 6.59. The highest BCUT2D eigenvalue weighted by Crippen LogP contribution is 2.31. The Bertz CT molecular complexity index is 1520. The third kappa shape index (κ3) is 6.97. The fourth-order valence-corrected chi connectivity index (χ4v) is 4.41. The number of H-pyrrole nitrogens is 1. The predicted octanol–water partition coefficient (Wildman–Crippen LogP) is 4.06. The molecule has 2 aromatic carbocycles. The van der Waals surface area contributed by atoms with E-state index in [-0.39, 0.29) is 30.6 Å². The molecule has 2 aromatic heterocycles. The Morgan fingerprint density at radius 3 is 2.63 bits per heavy atom. The molecule has 0 saturated heterocycles. The summed E-state index contributed by atoms with van der Waals surface area (Å²) in [6.07, 6.45) is 2.73. The van der Waals surface area contributed by atoms with Gasteiger partial charge < -0.3 is 36.5 Å². The van der Waals surface area contributed by atoms with Gasteiger partial charge in [0.15, 0.2) is 0 Å². The van der Waals surface area contributed by atoms with E-state index < -0.39 is 5.97 Å². The summed E-state index contributed by atoms with van der Waals surface area (Å²) in [5.41, 5.74) is 8.42. The monoisotopic (exact) mass is 558 g/mol. The second-order valence-corrected chi connectivity index (χ2v) is 9.36. The van der Waals surface area contributed by atoms with Gasteiger partial charge in [-0.2, -0.15) is 0 Å². The van der Waals surface area contributed by atoms with Gasteiger partial charge in [0.05, 0.1) is 30.5 Å². The molecule has 4 rings (SSSR count). The number of nitrogens with one attached hydrogen (secondary N) is 5. The molecule has 0 aliphatic heterocycles. The molecule has 4 aromatic rings. The number of nitrogens with zero attached hydrogens (tertiary/aromatic N) is 2. The molecule has 1 amide bonds. The molecule has 0 radical (unpaired) electrons. The van der Waals surface area contributed by atoms with Crippen LogP contribution in [-0.4, -0.2) is 63.9 Å². The topological polar surface area (TPSA) is 191 Å². The van der Waals surface area contributed by atoms with E-state index in [1.54, 1.807) is 24.3 Å². The van der Waals surface area contributed by atoms with Gasteiger partial charge in [-0.3, -0.25) is 15.0 Å². The van der Waals surface area contributed by atoms with Crippen LogP contribution >= 0.6 is 0 Å². The van der Waals surface area contributed by atoms with Crippen LogP contribution in [-0.2, 0) is 4.79 Å². The van der Waals surface area contributed by atoms with Gasteiger partial charge in [-0.05, 0) is 43.7 Å². The molecule has 2 heterocycles. The first-order valence-corrected chi connectivity index (χ1v) is 13.3. The highest BCUT2D eigenvalue weighted by Gasteiger charge is 2.21. The molecule has 0 aliphatic carbocycles. The Labute approximate surface area is 237 Å². The van der Waals surface area contributed by atoms with E-state index in [1.165, 1.54) is 13.4 Å². The molecule has 0 aliphatic rings. The van der Waals surface area contributed by atoms with E-state index in [0.717, 1.165) is 17.3 Å². The fraction of sp³-hybridized carbons (Fsp3) is 0.276. The van der Waals surface area contributed by atoms with Crippen LogP contribution in [0.4, 0.5) is 17.3 Å². The average molecular weight is 559 g/mol. The van der Waals surface area contributed by atoms with Crippen LogP contribution in [0, 0.1) is 5.41 Å². The van der Waals surface area contributed by atoms with Crippen molar-refractivity contribution in [2.75, 3.05) is 36.1 Å². The first kappa shape index (κ1) is 29.0. The summed E-state index contributed by atoms with van der Waals surface area (Å²) in [5, 5.41) is 28.4. The van der Waals surface area contributed by atoms with Crippen molar-refractivity contribution in [3.05, 3.63) is 71.7 Å². The quantitative estimate of drug-likeness (QED) is 0.112. The zero-order chi connectivity index (χ0) is 29.4. The number of aliphatic carboxylic acids is 1. The van der Waals surface area contributed by atoms with Crippen molar-refractivity contribution in [2.24, 2.45) is 5.73 Å². The number of amides is 1. The van der Waals surface area contributed by atoms with Crippen molar-refractivity contribution in [1.82, 2.24) is 15.0 Å². The molecule has 0 spiro atoms. The van der Waals surface area contributed by atoms with Crippen LogP contribution in [0.2, 0.25) is 0 Å². The maximum Gasteiger partial charge on any atom is 0.305 e. The number of hydrogen-bond acceptors (Lipinski definition) is 9. The Morgan fingerprint density at radius 2 is 1.93 bits per heavy atom. The number of carboxylic acid groups (broad SMARTS) is 1. The Balaban J connectivity index is 1.64. The minimum Gasteiger partial charge on any atom is -0.495 e. The summed E-state index contributed by atoms with van der Waals surface area (Å²) in [6.45, 7) is 2.63. The van der Waals surface area contributed by atoms with E-state index in [2.05, 4.69) is 30.9 Å². The number of carbonyl (C=O) groups excluding carboxylic acids is 1. The van der Waals surface area contributed by atoms with E-state index in [4.69, 9.17) is 21.0 Å². The number of carboxylic acids is 1. The number of hydrogen-bond donors (Lipinski definition) is 7. The molecular weight excluding hydrogens is 524 g/mol. The molecule has 12 heteroatoms. The van der Waals surface area contributed by atoms with Crippen LogP contribution < -0.4 is 26.4 Å². The summed E-state index contributed by atoms with van der Waals surface area (Å²) >= 11 is 0. The van der Waals surface area contributed by atoms with Crippen molar-refractivity contribution in [3.8, 4) is 5.75 Å². The number of aromatic nitrogens is 3. The summed E-state index contributed by atoms with van der Waals surface area (Å²) in [7, 11) is 1.48. The summed E-state index contributed by atoms with van der Waals surface area (Å²) in [6, 6.07) is 14.4. The summed E-state index contributed by atoms with van der Waals surface area (Å²) < 4.78 is 5.57. The van der Waals surface area contributed by atoms with Crippen LogP contribution in [0.3, 0.4) is 0 Å². The number of benzene rings is 2. The lowest BCUT2D eigenvalue weighted by molar-refractivity contribution is -0.136. The number of nitrogens with two attached hydrogens (primary N) is 1. The maximum absolute atomic E-state index is 13.0. The van der Waals surface area contributed by atoms with Crippen LogP contribution in [0.15, 0.2) is 54.9 Å². The molecule has 1 unspecified atom stereocenters. The highest BCUT2D eigenvalue weighted by molar-refractivity contribution is 6.17. The number of aromatic amines is 1. The minimum absolute atomic E-state index is 0.0186. The number of ether oxygens (including phenoxy) is 1. The van der Waals surface area contributed by atoms with Gasteiger partial charge in [0.2, 0.25) is 0 Å².